The van der Waals surface area contributed by atoms with E-state index in [0.717, 1.165) is 32.1 Å². The first-order valence-electron chi connectivity index (χ1n) is 10.9. The molecule has 6 atom stereocenters. The summed E-state index contributed by atoms with van der Waals surface area (Å²) in [5.41, 5.74) is 0.0499. The van der Waals surface area contributed by atoms with Crippen molar-refractivity contribution in [2.24, 2.45) is 22.7 Å². The second-order valence-electron chi connectivity index (χ2n) is 10.6. The highest BCUT2D eigenvalue weighted by molar-refractivity contribution is 5.82. The molecule has 28 heavy (non-hydrogen) atoms. The molecule has 0 radical (unpaired) electrons. The fourth-order valence-electron chi connectivity index (χ4n) is 5.62. The summed E-state index contributed by atoms with van der Waals surface area (Å²) in [4.78, 5) is 25.2. The maximum Gasteiger partial charge on any atom is 0.249 e. The van der Waals surface area contributed by atoms with E-state index in [1.165, 1.54) is 0 Å². The standard InChI is InChI=1S/C22H38N2O4/c1-14-6-8-27-17(14)19(25)23-13-22(5)11-16(10-21(3,4)12-22)24-20(26)18-15(2)7-9-28-18/h14-18H,6-13H2,1-5H3,(H,23,25)(H,24,26)/t14-,15+,16-,17+,18-,22-/m1/s1. The largest absolute Gasteiger partial charge is 0.368 e. The molecular weight excluding hydrogens is 356 g/mol. The van der Waals surface area contributed by atoms with Crippen LogP contribution < -0.4 is 10.6 Å². The second kappa shape index (κ2) is 8.31. The van der Waals surface area contributed by atoms with E-state index in [0.29, 0.717) is 19.8 Å². The van der Waals surface area contributed by atoms with Gasteiger partial charge in [-0.15, -0.1) is 0 Å². The molecule has 2 heterocycles. The Morgan fingerprint density at radius 3 is 2.04 bits per heavy atom. The van der Waals surface area contributed by atoms with Crippen molar-refractivity contribution in [2.45, 2.75) is 85.0 Å². The van der Waals surface area contributed by atoms with Crippen LogP contribution >= 0.6 is 0 Å². The molecule has 3 fully saturated rings. The summed E-state index contributed by atoms with van der Waals surface area (Å²) in [6.45, 7) is 12.8. The van der Waals surface area contributed by atoms with Gasteiger partial charge in [-0.1, -0.05) is 34.6 Å². The van der Waals surface area contributed by atoms with Crippen LogP contribution in [0.3, 0.4) is 0 Å². The predicted molar refractivity (Wildman–Crippen MR) is 108 cm³/mol. The molecule has 1 aliphatic carbocycles. The van der Waals surface area contributed by atoms with Crippen LogP contribution in [-0.2, 0) is 19.1 Å². The smallest absolute Gasteiger partial charge is 0.249 e. The van der Waals surface area contributed by atoms with E-state index in [4.69, 9.17) is 9.47 Å². The normalized spacial score (nSPS) is 40.2. The van der Waals surface area contributed by atoms with Crippen LogP contribution in [0.1, 0.15) is 66.7 Å². The van der Waals surface area contributed by atoms with Gasteiger partial charge in [0, 0.05) is 25.8 Å². The summed E-state index contributed by atoms with van der Waals surface area (Å²) in [7, 11) is 0. The second-order valence-corrected chi connectivity index (χ2v) is 10.6. The minimum atomic E-state index is -0.322. The number of rotatable bonds is 5. The summed E-state index contributed by atoms with van der Waals surface area (Å²) < 4.78 is 11.2. The first-order chi connectivity index (χ1) is 13.1. The third-order valence-electron chi connectivity index (χ3n) is 6.77. The molecule has 0 unspecified atom stereocenters. The van der Waals surface area contributed by atoms with Gasteiger partial charge >= 0.3 is 0 Å². The topological polar surface area (TPSA) is 76.7 Å². The van der Waals surface area contributed by atoms with Gasteiger partial charge < -0.3 is 20.1 Å². The summed E-state index contributed by atoms with van der Waals surface area (Å²) in [5.74, 6) is 0.572. The quantitative estimate of drug-likeness (QED) is 0.752. The molecule has 160 valence electrons. The lowest BCUT2D eigenvalue weighted by atomic mass is 9.62. The average Bonchev–Trinajstić information content (AvgIpc) is 3.19. The van der Waals surface area contributed by atoms with Crippen molar-refractivity contribution in [2.75, 3.05) is 19.8 Å². The highest BCUT2D eigenvalue weighted by atomic mass is 16.5. The molecule has 2 aliphatic heterocycles. The molecule has 2 amide bonds. The number of hydrogen-bond donors (Lipinski definition) is 2. The van der Waals surface area contributed by atoms with Crippen LogP contribution in [0.25, 0.3) is 0 Å². The van der Waals surface area contributed by atoms with Gasteiger partial charge in [-0.2, -0.15) is 0 Å². The number of carbonyl (C=O) groups excluding carboxylic acids is 2. The van der Waals surface area contributed by atoms with Crippen molar-refractivity contribution < 1.29 is 19.1 Å². The molecule has 6 heteroatoms. The van der Waals surface area contributed by atoms with Gasteiger partial charge in [0.2, 0.25) is 11.8 Å². The Bertz CT molecular complexity index is 593. The van der Waals surface area contributed by atoms with E-state index in [1.54, 1.807) is 0 Å². The van der Waals surface area contributed by atoms with Crippen molar-refractivity contribution in [3.8, 4) is 0 Å². The van der Waals surface area contributed by atoms with Gasteiger partial charge in [0.25, 0.3) is 0 Å². The van der Waals surface area contributed by atoms with Crippen LogP contribution in [0.5, 0.6) is 0 Å². The van der Waals surface area contributed by atoms with Crippen LogP contribution in [0.4, 0.5) is 0 Å². The third-order valence-corrected chi connectivity index (χ3v) is 6.77. The van der Waals surface area contributed by atoms with Gasteiger partial charge in [0.05, 0.1) is 0 Å². The zero-order chi connectivity index (χ0) is 20.5. The van der Waals surface area contributed by atoms with Gasteiger partial charge in [0.15, 0.2) is 0 Å². The molecule has 6 nitrogen and oxygen atoms in total. The van der Waals surface area contributed by atoms with Crippen molar-refractivity contribution in [3.05, 3.63) is 0 Å². The minimum absolute atomic E-state index is 0.00312. The number of nitrogens with one attached hydrogen (secondary N) is 2. The molecule has 0 aromatic rings. The maximum absolute atomic E-state index is 12.7. The van der Waals surface area contributed by atoms with Crippen molar-refractivity contribution in [1.82, 2.24) is 10.6 Å². The zero-order valence-electron chi connectivity index (χ0n) is 18.2. The van der Waals surface area contributed by atoms with Crippen LogP contribution in [0, 0.1) is 22.7 Å². The Kier molecular flexibility index (Phi) is 6.40. The van der Waals surface area contributed by atoms with Crippen molar-refractivity contribution >= 4 is 11.8 Å². The molecule has 0 spiro atoms. The lowest BCUT2D eigenvalue weighted by molar-refractivity contribution is -0.134. The summed E-state index contributed by atoms with van der Waals surface area (Å²) in [6.07, 6.45) is 4.08. The van der Waals surface area contributed by atoms with Gasteiger partial charge in [-0.3, -0.25) is 9.59 Å². The molecule has 1 saturated carbocycles. The van der Waals surface area contributed by atoms with Gasteiger partial charge in [0.1, 0.15) is 12.2 Å². The van der Waals surface area contributed by atoms with Crippen molar-refractivity contribution in [1.29, 1.82) is 0 Å². The predicted octanol–water partition coefficient (Wildman–Crippen LogP) is 2.65. The van der Waals surface area contributed by atoms with E-state index < -0.39 is 0 Å². The summed E-state index contributed by atoms with van der Waals surface area (Å²) >= 11 is 0. The molecule has 2 saturated heterocycles. The molecule has 3 aliphatic rings. The van der Waals surface area contributed by atoms with Gasteiger partial charge in [-0.25, -0.2) is 0 Å². The Morgan fingerprint density at radius 2 is 1.50 bits per heavy atom. The lowest BCUT2D eigenvalue weighted by Gasteiger charge is -2.47. The van der Waals surface area contributed by atoms with E-state index in [9.17, 15) is 9.59 Å². The first-order valence-corrected chi connectivity index (χ1v) is 10.9. The maximum atomic E-state index is 12.7. The monoisotopic (exact) mass is 394 g/mol. The molecule has 2 N–H and O–H groups in total. The number of amides is 2. The van der Waals surface area contributed by atoms with Gasteiger partial charge in [-0.05, 0) is 54.8 Å². The molecule has 0 aromatic heterocycles. The Hall–Kier alpha value is -1.14. The SMILES string of the molecule is C[C@@H]1CCO[C@@H]1C(=O)NC[C@]1(C)C[C@H](NC(=O)[C@@H]2OCC[C@@H]2C)CC(C)(C)C1. The Morgan fingerprint density at radius 1 is 0.929 bits per heavy atom. The lowest BCUT2D eigenvalue weighted by Crippen LogP contribution is -2.53. The highest BCUT2D eigenvalue weighted by Gasteiger charge is 2.43. The van der Waals surface area contributed by atoms with E-state index in [-0.39, 0.29) is 52.7 Å². The summed E-state index contributed by atoms with van der Waals surface area (Å²) in [6, 6.07) is 0.108. The molecule has 3 rings (SSSR count). The molecular formula is C22H38N2O4. The van der Waals surface area contributed by atoms with Crippen LogP contribution in [0.15, 0.2) is 0 Å². The molecule has 0 bridgehead atoms. The Balaban J connectivity index is 1.58. The fourth-order valence-corrected chi connectivity index (χ4v) is 5.62. The van der Waals surface area contributed by atoms with E-state index in [1.807, 2.05) is 0 Å². The first kappa shape index (κ1) is 21.6. The average molecular weight is 395 g/mol. The van der Waals surface area contributed by atoms with Crippen LogP contribution in [0.2, 0.25) is 0 Å². The van der Waals surface area contributed by atoms with Crippen LogP contribution in [-0.4, -0.2) is 49.8 Å². The number of ether oxygens (including phenoxy) is 2. The highest BCUT2D eigenvalue weighted by Crippen LogP contribution is 2.46. The van der Waals surface area contributed by atoms with Crippen molar-refractivity contribution in [3.63, 3.8) is 0 Å². The Labute approximate surface area is 169 Å². The summed E-state index contributed by atoms with van der Waals surface area (Å²) in [5, 5.41) is 6.39. The minimum Gasteiger partial charge on any atom is -0.368 e. The number of hydrogen-bond acceptors (Lipinski definition) is 4. The van der Waals surface area contributed by atoms with E-state index >= 15 is 0 Å². The number of carbonyl (C=O) groups is 2. The molecule has 0 aromatic carbocycles. The fraction of sp³-hybridized carbons (Fsp3) is 0.909. The zero-order valence-corrected chi connectivity index (χ0v) is 18.2. The van der Waals surface area contributed by atoms with E-state index in [2.05, 4.69) is 45.3 Å². The third kappa shape index (κ3) is 5.07.